The largest absolute Gasteiger partial charge is 0.325 e. The van der Waals surface area contributed by atoms with E-state index >= 15 is 0 Å². The number of carbonyl (C=O) groups excluding carboxylic acids is 2. The highest BCUT2D eigenvalue weighted by molar-refractivity contribution is 8.00. The number of benzene rings is 3. The number of anilines is 2. The Morgan fingerprint density at radius 2 is 1.65 bits per heavy atom. The number of rotatable bonds is 6. The first kappa shape index (κ1) is 23.4. The molecule has 31 heavy (non-hydrogen) atoms. The smallest absolute Gasteiger partial charge is 0.257 e. The SMILES string of the molecule is CC(Sc1cccc(NC(=O)c2ccc(Cl)cc2Cl)c1)C(=O)Nc1ccc(F)c(Cl)c1. The van der Waals surface area contributed by atoms with Crippen molar-refractivity contribution in [3.8, 4) is 0 Å². The van der Waals surface area contributed by atoms with Crippen molar-refractivity contribution < 1.29 is 14.0 Å². The van der Waals surface area contributed by atoms with E-state index in [9.17, 15) is 14.0 Å². The van der Waals surface area contributed by atoms with Gasteiger partial charge in [0.2, 0.25) is 5.91 Å². The number of hydrogen-bond donors (Lipinski definition) is 2. The van der Waals surface area contributed by atoms with Crippen LogP contribution in [0, 0.1) is 5.82 Å². The van der Waals surface area contributed by atoms with Gasteiger partial charge >= 0.3 is 0 Å². The van der Waals surface area contributed by atoms with Gasteiger partial charge in [0.05, 0.1) is 20.9 Å². The molecule has 0 saturated carbocycles. The molecule has 160 valence electrons. The average Bonchev–Trinajstić information content (AvgIpc) is 2.70. The molecule has 1 atom stereocenters. The van der Waals surface area contributed by atoms with E-state index in [1.165, 1.54) is 36.0 Å². The lowest BCUT2D eigenvalue weighted by molar-refractivity contribution is -0.115. The number of carbonyl (C=O) groups is 2. The monoisotopic (exact) mass is 496 g/mol. The Bertz CT molecular complexity index is 1140. The summed E-state index contributed by atoms with van der Waals surface area (Å²) in [4.78, 5) is 25.7. The minimum absolute atomic E-state index is 0.0673. The Balaban J connectivity index is 1.64. The van der Waals surface area contributed by atoms with Crippen LogP contribution in [-0.4, -0.2) is 17.1 Å². The molecule has 1 unspecified atom stereocenters. The minimum atomic E-state index is -0.555. The first-order valence-corrected chi connectivity index (χ1v) is 11.0. The maximum absolute atomic E-state index is 13.3. The summed E-state index contributed by atoms with van der Waals surface area (Å²) in [6.07, 6.45) is 0. The molecule has 4 nitrogen and oxygen atoms in total. The van der Waals surface area contributed by atoms with Crippen molar-refractivity contribution in [2.45, 2.75) is 17.1 Å². The van der Waals surface area contributed by atoms with Crippen LogP contribution in [0.3, 0.4) is 0 Å². The van der Waals surface area contributed by atoms with E-state index < -0.39 is 11.1 Å². The van der Waals surface area contributed by atoms with Gasteiger partial charge in [0.1, 0.15) is 5.82 Å². The Labute approximate surface area is 198 Å². The summed E-state index contributed by atoms with van der Waals surface area (Å²) in [6, 6.07) is 15.7. The number of halogens is 4. The maximum Gasteiger partial charge on any atom is 0.257 e. The Kier molecular flexibility index (Phi) is 7.84. The second-order valence-corrected chi connectivity index (χ2v) is 9.15. The van der Waals surface area contributed by atoms with E-state index in [1.807, 2.05) is 6.07 Å². The van der Waals surface area contributed by atoms with Crippen molar-refractivity contribution in [1.29, 1.82) is 0 Å². The molecule has 0 spiro atoms. The van der Waals surface area contributed by atoms with Crippen LogP contribution in [0.2, 0.25) is 15.1 Å². The summed E-state index contributed by atoms with van der Waals surface area (Å²) >= 11 is 19.0. The molecule has 0 saturated heterocycles. The fourth-order valence-corrected chi connectivity index (χ4v) is 4.20. The summed E-state index contributed by atoms with van der Waals surface area (Å²) in [5.74, 6) is -1.20. The van der Waals surface area contributed by atoms with Crippen LogP contribution < -0.4 is 10.6 Å². The molecule has 0 aliphatic carbocycles. The van der Waals surface area contributed by atoms with Crippen molar-refractivity contribution in [3.63, 3.8) is 0 Å². The third kappa shape index (κ3) is 6.37. The number of amides is 2. The fourth-order valence-electron chi connectivity index (χ4n) is 2.59. The minimum Gasteiger partial charge on any atom is -0.325 e. The molecule has 2 N–H and O–H groups in total. The fraction of sp³-hybridized carbons (Fsp3) is 0.0909. The summed E-state index contributed by atoms with van der Waals surface area (Å²) < 4.78 is 13.3. The summed E-state index contributed by atoms with van der Waals surface area (Å²) in [6.45, 7) is 1.74. The van der Waals surface area contributed by atoms with Gasteiger partial charge in [-0.15, -0.1) is 11.8 Å². The van der Waals surface area contributed by atoms with Gasteiger partial charge in [-0.3, -0.25) is 9.59 Å². The van der Waals surface area contributed by atoms with E-state index in [0.29, 0.717) is 22.0 Å². The predicted octanol–water partition coefficient (Wildman–Crippen LogP) is 7.16. The highest BCUT2D eigenvalue weighted by atomic mass is 35.5. The molecule has 0 heterocycles. The molecule has 0 aliphatic rings. The topological polar surface area (TPSA) is 58.2 Å². The Morgan fingerprint density at radius 3 is 2.35 bits per heavy atom. The van der Waals surface area contributed by atoms with Crippen molar-refractivity contribution in [1.82, 2.24) is 0 Å². The van der Waals surface area contributed by atoms with Gasteiger partial charge in [0.25, 0.3) is 5.91 Å². The van der Waals surface area contributed by atoms with E-state index in [1.54, 1.807) is 37.3 Å². The third-order valence-corrected chi connectivity index (χ3v) is 6.07. The van der Waals surface area contributed by atoms with Crippen molar-refractivity contribution in [2.75, 3.05) is 10.6 Å². The van der Waals surface area contributed by atoms with Gasteiger partial charge < -0.3 is 10.6 Å². The first-order chi connectivity index (χ1) is 14.7. The molecular formula is C22H16Cl3FN2O2S. The molecule has 9 heteroatoms. The third-order valence-electron chi connectivity index (χ3n) is 4.14. The zero-order valence-electron chi connectivity index (χ0n) is 16.1. The van der Waals surface area contributed by atoms with Crippen LogP contribution in [0.25, 0.3) is 0 Å². The summed E-state index contributed by atoms with van der Waals surface area (Å²) in [7, 11) is 0. The van der Waals surface area contributed by atoms with Crippen LogP contribution >= 0.6 is 46.6 Å². The highest BCUT2D eigenvalue weighted by Crippen LogP contribution is 2.28. The lowest BCUT2D eigenvalue weighted by atomic mass is 10.2. The van der Waals surface area contributed by atoms with Gasteiger partial charge in [0.15, 0.2) is 0 Å². The van der Waals surface area contributed by atoms with Crippen LogP contribution in [0.1, 0.15) is 17.3 Å². The predicted molar refractivity (Wildman–Crippen MR) is 126 cm³/mol. The maximum atomic E-state index is 13.3. The molecule has 0 bridgehead atoms. The second-order valence-electron chi connectivity index (χ2n) is 6.48. The highest BCUT2D eigenvalue weighted by Gasteiger charge is 2.16. The van der Waals surface area contributed by atoms with E-state index in [4.69, 9.17) is 34.8 Å². The van der Waals surface area contributed by atoms with Crippen LogP contribution in [-0.2, 0) is 4.79 Å². The Hall–Kier alpha value is -2.25. The summed E-state index contributed by atoms with van der Waals surface area (Å²) in [5.41, 5.74) is 1.26. The number of thioether (sulfide) groups is 1. The van der Waals surface area contributed by atoms with Gasteiger partial charge in [0, 0.05) is 21.3 Å². The second kappa shape index (κ2) is 10.4. The molecule has 2 amide bonds. The van der Waals surface area contributed by atoms with Gasteiger partial charge in [-0.2, -0.15) is 0 Å². The molecular weight excluding hydrogens is 482 g/mol. The van der Waals surface area contributed by atoms with Crippen LogP contribution in [0.4, 0.5) is 15.8 Å². The number of hydrogen-bond acceptors (Lipinski definition) is 3. The van der Waals surface area contributed by atoms with E-state index in [-0.39, 0.29) is 21.9 Å². The lowest BCUT2D eigenvalue weighted by Gasteiger charge is -2.13. The van der Waals surface area contributed by atoms with Crippen molar-refractivity contribution >= 4 is 69.8 Å². The zero-order valence-corrected chi connectivity index (χ0v) is 19.2. The van der Waals surface area contributed by atoms with Crippen LogP contribution in [0.15, 0.2) is 65.6 Å². The van der Waals surface area contributed by atoms with E-state index in [2.05, 4.69) is 10.6 Å². The zero-order chi connectivity index (χ0) is 22.5. The van der Waals surface area contributed by atoms with Gasteiger partial charge in [-0.25, -0.2) is 4.39 Å². The average molecular weight is 498 g/mol. The van der Waals surface area contributed by atoms with Crippen molar-refractivity contribution in [3.05, 3.63) is 87.1 Å². The normalized spacial score (nSPS) is 11.6. The molecule has 3 aromatic carbocycles. The van der Waals surface area contributed by atoms with Crippen LogP contribution in [0.5, 0.6) is 0 Å². The van der Waals surface area contributed by atoms with E-state index in [0.717, 1.165) is 4.90 Å². The molecule has 3 aromatic rings. The molecule has 0 radical (unpaired) electrons. The standard InChI is InChI=1S/C22H16Cl3FN2O2S/c1-12(21(29)27-15-6-8-20(26)19(25)11-15)31-16-4-2-3-14(10-16)28-22(30)17-7-5-13(23)9-18(17)24/h2-12H,1H3,(H,27,29)(H,28,30). The quantitative estimate of drug-likeness (QED) is 0.355. The lowest BCUT2D eigenvalue weighted by Crippen LogP contribution is -2.22. The molecule has 0 fully saturated rings. The molecule has 0 aromatic heterocycles. The van der Waals surface area contributed by atoms with Gasteiger partial charge in [-0.05, 0) is 61.5 Å². The van der Waals surface area contributed by atoms with Crippen molar-refractivity contribution in [2.24, 2.45) is 0 Å². The number of nitrogens with one attached hydrogen (secondary N) is 2. The summed E-state index contributed by atoms with van der Waals surface area (Å²) in [5, 5.41) is 5.65. The van der Waals surface area contributed by atoms with Gasteiger partial charge in [-0.1, -0.05) is 40.9 Å². The molecule has 3 rings (SSSR count). The molecule has 0 aliphatic heterocycles. The first-order valence-electron chi connectivity index (χ1n) is 9.02. The Morgan fingerprint density at radius 1 is 0.903 bits per heavy atom.